The number of ether oxygens (including phenoxy) is 4. The summed E-state index contributed by atoms with van der Waals surface area (Å²) in [5.41, 5.74) is -2.85. The summed E-state index contributed by atoms with van der Waals surface area (Å²) in [7, 11) is 7.96. The fourth-order valence-electron chi connectivity index (χ4n) is 7.97. The summed E-state index contributed by atoms with van der Waals surface area (Å²) in [6, 6.07) is -0.573. The van der Waals surface area contributed by atoms with Gasteiger partial charge in [0.1, 0.15) is 29.8 Å². The van der Waals surface area contributed by atoms with Crippen molar-refractivity contribution in [2.75, 3.05) is 61.0 Å². The second-order valence-electron chi connectivity index (χ2n) is 16.9. The summed E-state index contributed by atoms with van der Waals surface area (Å²) < 4.78 is 25.7. The molecule has 0 aliphatic carbocycles. The zero-order valence-corrected chi connectivity index (χ0v) is 34.9. The molecule has 0 unspecified atom stereocenters. The van der Waals surface area contributed by atoms with Gasteiger partial charge in [0.2, 0.25) is 0 Å². The van der Waals surface area contributed by atoms with E-state index in [4.69, 9.17) is 18.9 Å². The lowest BCUT2D eigenvalue weighted by Gasteiger charge is -2.48. The Morgan fingerprint density at radius 2 is 1.69 bits per heavy atom. The summed E-state index contributed by atoms with van der Waals surface area (Å²) in [5, 5.41) is 38.2. The van der Waals surface area contributed by atoms with Gasteiger partial charge in [0.05, 0.1) is 24.4 Å². The van der Waals surface area contributed by atoms with Gasteiger partial charge in [-0.25, -0.2) is 0 Å². The predicted octanol–water partition coefficient (Wildman–Crippen LogP) is 2.53. The minimum Gasteiger partial charge on any atom is -0.459 e. The number of ketones is 1. The van der Waals surface area contributed by atoms with E-state index in [-0.39, 0.29) is 30.5 Å². The highest BCUT2D eigenvalue weighted by atomic mass is 16.7. The van der Waals surface area contributed by atoms with E-state index in [1.54, 1.807) is 13.8 Å². The van der Waals surface area contributed by atoms with Crippen molar-refractivity contribution < 1.29 is 43.9 Å². The Labute approximate surface area is 315 Å². The quantitative estimate of drug-likeness (QED) is 0.124. The minimum atomic E-state index is -1.77. The Morgan fingerprint density at radius 3 is 2.27 bits per heavy atom. The SMILES string of the molecule is CC[C@H]1OC(=O)[C@H](C)C(=O)[C@H](C)[C@@H](O[C@@H]2O[C@H](C)C[C@H](N(C)C(C)C)[C@H]2O)[C@](C)(OCCNCCCN(C)C)C[C@@H](C)CN(C)[C@H](C)[C@@H](O)[C@]1(C)O. The molecule has 0 bridgehead atoms. The first-order chi connectivity index (χ1) is 24.1. The second kappa shape index (κ2) is 20.6. The van der Waals surface area contributed by atoms with Crippen LogP contribution in [0.3, 0.4) is 0 Å². The number of carbonyl (C=O) groups excluding carboxylic acids is 2. The standard InChI is InChI=1S/C39H76N4O9/c1-15-31-39(10,48)34(46)29(8)42(13)23-25(4)22-38(9,49-20-18-40-17-16-19-41(11)12)35(27(6)32(44)28(7)36(47)51-31)52-37-33(45)30(21-26(5)50-37)43(14)24(2)3/h24-31,33-35,37,40,45-46,48H,15-23H2,1-14H3/t25-,26-,27+,28-,29-,30+,31-,33-,34-,35-,37+,38-,39-/m1/s1. The molecule has 0 saturated carbocycles. The third kappa shape index (κ3) is 12.4. The third-order valence-electron chi connectivity index (χ3n) is 11.6. The Morgan fingerprint density at radius 1 is 1.06 bits per heavy atom. The number of esters is 1. The fraction of sp³-hybridized carbons (Fsp3) is 0.949. The molecule has 2 rings (SSSR count). The first-order valence-corrected chi connectivity index (χ1v) is 19.6. The van der Waals surface area contributed by atoms with Gasteiger partial charge < -0.3 is 49.4 Å². The van der Waals surface area contributed by atoms with Gasteiger partial charge in [-0.15, -0.1) is 0 Å². The molecule has 0 aromatic carbocycles. The maximum absolute atomic E-state index is 14.4. The molecule has 2 fully saturated rings. The van der Waals surface area contributed by atoms with Gasteiger partial charge in [-0.3, -0.25) is 14.5 Å². The summed E-state index contributed by atoms with van der Waals surface area (Å²) in [6.45, 7) is 21.7. The molecular weight excluding hydrogens is 668 g/mol. The maximum Gasteiger partial charge on any atom is 0.316 e. The molecule has 13 heteroatoms. The lowest BCUT2D eigenvalue weighted by molar-refractivity contribution is -0.299. The molecule has 52 heavy (non-hydrogen) atoms. The minimum absolute atomic E-state index is 0.0330. The van der Waals surface area contributed by atoms with E-state index in [0.717, 1.165) is 19.5 Å². The van der Waals surface area contributed by atoms with Crippen molar-refractivity contribution in [3.8, 4) is 0 Å². The number of carbonyl (C=O) groups is 2. The topological polar surface area (TPSA) is 154 Å². The van der Waals surface area contributed by atoms with Gasteiger partial charge in [-0.2, -0.15) is 0 Å². The van der Waals surface area contributed by atoms with E-state index in [0.29, 0.717) is 32.5 Å². The van der Waals surface area contributed by atoms with Crippen LogP contribution in [0.1, 0.15) is 94.9 Å². The molecule has 0 aromatic rings. The van der Waals surface area contributed by atoms with Crippen LogP contribution >= 0.6 is 0 Å². The van der Waals surface area contributed by atoms with Crippen molar-refractivity contribution in [2.45, 2.75) is 161 Å². The van der Waals surface area contributed by atoms with E-state index in [9.17, 15) is 24.9 Å². The van der Waals surface area contributed by atoms with Gasteiger partial charge in [-0.1, -0.05) is 20.8 Å². The Hall–Kier alpha value is -1.26. The van der Waals surface area contributed by atoms with Gasteiger partial charge in [-0.05, 0) is 121 Å². The monoisotopic (exact) mass is 745 g/mol. The van der Waals surface area contributed by atoms with E-state index < -0.39 is 71.5 Å². The molecule has 2 aliphatic heterocycles. The molecule has 0 spiro atoms. The first kappa shape index (κ1) is 46.9. The average Bonchev–Trinajstić information content (AvgIpc) is 3.07. The zero-order valence-electron chi connectivity index (χ0n) is 34.9. The molecule has 306 valence electrons. The third-order valence-corrected chi connectivity index (χ3v) is 11.6. The van der Waals surface area contributed by atoms with Crippen molar-refractivity contribution in [1.29, 1.82) is 0 Å². The number of hydrogen-bond acceptors (Lipinski definition) is 13. The summed E-state index contributed by atoms with van der Waals surface area (Å²) in [6.07, 6.45) is -3.23. The first-order valence-electron chi connectivity index (χ1n) is 19.6. The number of nitrogens with zero attached hydrogens (tertiary/aromatic N) is 3. The van der Waals surface area contributed by atoms with Crippen molar-refractivity contribution in [3.63, 3.8) is 0 Å². The molecule has 13 nitrogen and oxygen atoms in total. The van der Waals surface area contributed by atoms with Gasteiger partial charge in [0.25, 0.3) is 0 Å². The summed E-state index contributed by atoms with van der Waals surface area (Å²) in [4.78, 5) is 34.3. The van der Waals surface area contributed by atoms with Crippen LogP contribution < -0.4 is 5.32 Å². The normalized spacial score (nSPS) is 39.5. The van der Waals surface area contributed by atoms with Gasteiger partial charge in [0, 0.05) is 37.1 Å². The number of hydrogen-bond donors (Lipinski definition) is 4. The van der Waals surface area contributed by atoms with Crippen LogP contribution in [0, 0.1) is 17.8 Å². The molecule has 2 heterocycles. The van der Waals surface area contributed by atoms with Crippen molar-refractivity contribution in [1.82, 2.24) is 20.0 Å². The largest absolute Gasteiger partial charge is 0.459 e. The number of aliphatic hydroxyl groups is 3. The fourth-order valence-corrected chi connectivity index (χ4v) is 7.97. The van der Waals surface area contributed by atoms with E-state index in [1.807, 2.05) is 53.9 Å². The Kier molecular flexibility index (Phi) is 18.6. The number of Topliss-reactive ketones (excluding diaryl/α,β-unsaturated/α-hetero) is 1. The number of likely N-dealkylation sites (N-methyl/N-ethyl adjacent to an activating group) is 2. The molecule has 0 aromatic heterocycles. The summed E-state index contributed by atoms with van der Waals surface area (Å²) >= 11 is 0. The highest BCUT2D eigenvalue weighted by Crippen LogP contribution is 2.37. The predicted molar refractivity (Wildman–Crippen MR) is 203 cm³/mol. The van der Waals surface area contributed by atoms with Crippen molar-refractivity contribution >= 4 is 11.8 Å². The molecule has 13 atom stereocenters. The van der Waals surface area contributed by atoms with Crippen LogP contribution in [-0.4, -0.2) is 169 Å². The average molecular weight is 745 g/mol. The Balaban J connectivity index is 2.62. The summed E-state index contributed by atoms with van der Waals surface area (Å²) in [5.74, 6) is -3.32. The second-order valence-corrected chi connectivity index (χ2v) is 16.9. The maximum atomic E-state index is 14.4. The number of cyclic esters (lactones) is 1. The van der Waals surface area contributed by atoms with Crippen LogP contribution in [0.4, 0.5) is 0 Å². The molecule has 2 aliphatic rings. The smallest absolute Gasteiger partial charge is 0.316 e. The zero-order chi connectivity index (χ0) is 39.7. The molecule has 0 amide bonds. The van der Waals surface area contributed by atoms with Gasteiger partial charge >= 0.3 is 5.97 Å². The lowest BCUT2D eigenvalue weighted by atomic mass is 9.78. The van der Waals surface area contributed by atoms with Crippen molar-refractivity contribution in [2.24, 2.45) is 17.8 Å². The Bertz CT molecular complexity index is 1100. The molecular formula is C39H76N4O9. The van der Waals surface area contributed by atoms with Crippen LogP contribution in [0.25, 0.3) is 0 Å². The molecule has 0 radical (unpaired) electrons. The van der Waals surface area contributed by atoms with E-state index >= 15 is 0 Å². The highest BCUT2D eigenvalue weighted by molar-refractivity contribution is 6.00. The number of aliphatic hydroxyl groups excluding tert-OH is 2. The van der Waals surface area contributed by atoms with Gasteiger partial charge in [0.15, 0.2) is 12.1 Å². The van der Waals surface area contributed by atoms with E-state index in [2.05, 4.69) is 35.9 Å². The van der Waals surface area contributed by atoms with Crippen LogP contribution in [0.5, 0.6) is 0 Å². The number of nitrogens with one attached hydrogen (secondary N) is 1. The van der Waals surface area contributed by atoms with Crippen LogP contribution in [-0.2, 0) is 28.5 Å². The van der Waals surface area contributed by atoms with Crippen molar-refractivity contribution in [3.05, 3.63) is 0 Å². The van der Waals surface area contributed by atoms with Crippen LogP contribution in [0.15, 0.2) is 0 Å². The molecule has 4 N–H and O–H groups in total. The van der Waals surface area contributed by atoms with Crippen LogP contribution in [0.2, 0.25) is 0 Å². The highest BCUT2D eigenvalue weighted by Gasteiger charge is 2.51. The lowest BCUT2D eigenvalue weighted by Crippen LogP contribution is -2.60. The van der Waals surface area contributed by atoms with E-state index in [1.165, 1.54) is 13.8 Å². The number of rotatable bonds is 13. The molecule has 2 saturated heterocycles.